The van der Waals surface area contributed by atoms with Gasteiger partial charge in [-0.15, -0.1) is 0 Å². The van der Waals surface area contributed by atoms with Crippen molar-refractivity contribution in [3.63, 3.8) is 0 Å². The molecule has 108 valence electrons. The number of methoxy groups -OCH3 is 1. The van der Waals surface area contributed by atoms with Crippen molar-refractivity contribution in [3.8, 4) is 5.69 Å². The summed E-state index contributed by atoms with van der Waals surface area (Å²) in [5.74, 6) is 1.03. The molecule has 2 heterocycles. The monoisotopic (exact) mass is 281 g/mol. The molecule has 0 amide bonds. The molecule has 0 aliphatic heterocycles. The summed E-state index contributed by atoms with van der Waals surface area (Å²) in [7, 11) is 1.73. The Labute approximate surface area is 124 Å². The van der Waals surface area contributed by atoms with Crippen LogP contribution in [-0.2, 0) is 11.2 Å². The lowest BCUT2D eigenvalue weighted by atomic mass is 10.2. The zero-order valence-electron chi connectivity index (χ0n) is 12.4. The molecular weight excluding hydrogens is 262 g/mol. The molecule has 0 unspecified atom stereocenters. The van der Waals surface area contributed by atoms with Crippen molar-refractivity contribution in [1.82, 2.24) is 14.5 Å². The van der Waals surface area contributed by atoms with Gasteiger partial charge in [-0.2, -0.15) is 0 Å². The molecule has 3 aromatic rings. The van der Waals surface area contributed by atoms with Crippen molar-refractivity contribution < 1.29 is 4.74 Å². The topological polar surface area (TPSA) is 39.9 Å². The number of benzene rings is 1. The zero-order valence-corrected chi connectivity index (χ0v) is 12.4. The number of hydrogen-bond donors (Lipinski definition) is 0. The van der Waals surface area contributed by atoms with E-state index in [4.69, 9.17) is 9.72 Å². The second kappa shape index (κ2) is 6.06. The van der Waals surface area contributed by atoms with Gasteiger partial charge in [0.25, 0.3) is 0 Å². The van der Waals surface area contributed by atoms with Crippen molar-refractivity contribution in [1.29, 1.82) is 0 Å². The quantitative estimate of drug-likeness (QED) is 0.674. The van der Waals surface area contributed by atoms with Crippen molar-refractivity contribution in [2.24, 2.45) is 0 Å². The molecule has 2 aromatic heterocycles. The fourth-order valence-corrected chi connectivity index (χ4v) is 2.54. The first kappa shape index (κ1) is 13.8. The van der Waals surface area contributed by atoms with E-state index in [0.29, 0.717) is 0 Å². The predicted molar refractivity (Wildman–Crippen MR) is 83.8 cm³/mol. The van der Waals surface area contributed by atoms with Gasteiger partial charge in [0, 0.05) is 32.0 Å². The Morgan fingerprint density at radius 1 is 1.19 bits per heavy atom. The van der Waals surface area contributed by atoms with Gasteiger partial charge in [0.2, 0.25) is 0 Å². The standard InChI is InChI=1S/C17H19N3O/c1-13-6-3-7-14(12-13)20-16(9-5-11-21-2)19-15-8-4-10-18-17(15)20/h3-4,6-8,10,12H,5,9,11H2,1-2H3. The molecule has 0 radical (unpaired) electrons. The molecular formula is C17H19N3O. The molecule has 4 heteroatoms. The van der Waals surface area contributed by atoms with Crippen molar-refractivity contribution >= 4 is 11.2 Å². The highest BCUT2D eigenvalue weighted by molar-refractivity contribution is 5.73. The summed E-state index contributed by atoms with van der Waals surface area (Å²) >= 11 is 0. The maximum atomic E-state index is 5.15. The predicted octanol–water partition coefficient (Wildman–Crippen LogP) is 3.31. The van der Waals surface area contributed by atoms with E-state index in [1.165, 1.54) is 5.56 Å². The molecule has 3 rings (SSSR count). The molecule has 0 fully saturated rings. The average molecular weight is 281 g/mol. The number of aryl methyl sites for hydroxylation is 2. The summed E-state index contributed by atoms with van der Waals surface area (Å²) in [4.78, 5) is 9.24. The van der Waals surface area contributed by atoms with Gasteiger partial charge in [-0.3, -0.25) is 4.57 Å². The lowest BCUT2D eigenvalue weighted by molar-refractivity contribution is 0.194. The van der Waals surface area contributed by atoms with Crippen LogP contribution in [0.5, 0.6) is 0 Å². The first-order valence-corrected chi connectivity index (χ1v) is 7.18. The third-order valence-corrected chi connectivity index (χ3v) is 3.49. The highest BCUT2D eigenvalue weighted by Crippen LogP contribution is 2.21. The smallest absolute Gasteiger partial charge is 0.164 e. The van der Waals surface area contributed by atoms with Gasteiger partial charge in [-0.05, 0) is 43.2 Å². The van der Waals surface area contributed by atoms with Crippen LogP contribution in [0.3, 0.4) is 0 Å². The molecule has 0 bridgehead atoms. The van der Waals surface area contributed by atoms with E-state index in [9.17, 15) is 0 Å². The van der Waals surface area contributed by atoms with Crippen LogP contribution in [0.2, 0.25) is 0 Å². The molecule has 0 aliphatic carbocycles. The number of imidazole rings is 1. The van der Waals surface area contributed by atoms with Crippen molar-refractivity contribution in [3.05, 3.63) is 54.0 Å². The Hall–Kier alpha value is -2.20. The van der Waals surface area contributed by atoms with Crippen LogP contribution in [0, 0.1) is 6.92 Å². The zero-order chi connectivity index (χ0) is 14.7. The summed E-state index contributed by atoms with van der Waals surface area (Å²) in [6.45, 7) is 2.84. The summed E-state index contributed by atoms with van der Waals surface area (Å²) in [6, 6.07) is 12.4. The Balaban J connectivity index is 2.11. The minimum absolute atomic E-state index is 0.741. The van der Waals surface area contributed by atoms with E-state index >= 15 is 0 Å². The molecule has 21 heavy (non-hydrogen) atoms. The van der Waals surface area contributed by atoms with E-state index in [1.807, 2.05) is 18.3 Å². The molecule has 1 aromatic carbocycles. The van der Waals surface area contributed by atoms with E-state index in [0.717, 1.165) is 42.1 Å². The Bertz CT molecular complexity index is 749. The van der Waals surface area contributed by atoms with Gasteiger partial charge < -0.3 is 4.74 Å². The maximum Gasteiger partial charge on any atom is 0.164 e. The van der Waals surface area contributed by atoms with Crippen molar-refractivity contribution in [2.45, 2.75) is 19.8 Å². The van der Waals surface area contributed by atoms with E-state index in [1.54, 1.807) is 7.11 Å². The fourth-order valence-electron chi connectivity index (χ4n) is 2.54. The fraction of sp³-hybridized carbons (Fsp3) is 0.294. The van der Waals surface area contributed by atoms with Crippen LogP contribution in [0.15, 0.2) is 42.6 Å². The van der Waals surface area contributed by atoms with Gasteiger partial charge in [-0.1, -0.05) is 12.1 Å². The van der Waals surface area contributed by atoms with Gasteiger partial charge in [0.15, 0.2) is 5.65 Å². The molecule has 0 saturated carbocycles. The van der Waals surface area contributed by atoms with Gasteiger partial charge in [0.1, 0.15) is 11.3 Å². The number of ether oxygens (including phenoxy) is 1. The number of aromatic nitrogens is 3. The van der Waals surface area contributed by atoms with Crippen LogP contribution >= 0.6 is 0 Å². The third kappa shape index (κ3) is 2.81. The SMILES string of the molecule is COCCCc1nc2cccnc2n1-c1cccc(C)c1. The molecule has 4 nitrogen and oxygen atoms in total. The first-order chi connectivity index (χ1) is 10.3. The summed E-state index contributed by atoms with van der Waals surface area (Å²) in [6.07, 6.45) is 3.64. The summed E-state index contributed by atoms with van der Waals surface area (Å²) in [5.41, 5.74) is 4.19. The average Bonchev–Trinajstić information content (AvgIpc) is 2.86. The molecule has 0 aliphatic rings. The molecule has 0 spiro atoms. The lowest BCUT2D eigenvalue weighted by Gasteiger charge is -2.09. The van der Waals surface area contributed by atoms with E-state index in [2.05, 4.69) is 40.7 Å². The molecule has 0 saturated heterocycles. The molecule has 0 N–H and O–H groups in total. The second-order valence-electron chi connectivity index (χ2n) is 5.14. The highest BCUT2D eigenvalue weighted by Gasteiger charge is 2.13. The number of rotatable bonds is 5. The van der Waals surface area contributed by atoms with Crippen LogP contribution < -0.4 is 0 Å². The minimum Gasteiger partial charge on any atom is -0.385 e. The largest absolute Gasteiger partial charge is 0.385 e. The summed E-state index contributed by atoms with van der Waals surface area (Å²) in [5, 5.41) is 0. The van der Waals surface area contributed by atoms with Crippen LogP contribution in [0.4, 0.5) is 0 Å². The Morgan fingerprint density at radius 2 is 2.10 bits per heavy atom. The molecule has 0 atom stereocenters. The Kier molecular flexibility index (Phi) is 3.97. The normalized spacial score (nSPS) is 11.1. The highest BCUT2D eigenvalue weighted by atomic mass is 16.5. The number of fused-ring (bicyclic) bond motifs is 1. The van der Waals surface area contributed by atoms with Gasteiger partial charge >= 0.3 is 0 Å². The maximum absolute atomic E-state index is 5.15. The number of hydrogen-bond acceptors (Lipinski definition) is 3. The lowest BCUT2D eigenvalue weighted by Crippen LogP contribution is -2.04. The Morgan fingerprint density at radius 3 is 2.90 bits per heavy atom. The van der Waals surface area contributed by atoms with E-state index in [-0.39, 0.29) is 0 Å². The van der Waals surface area contributed by atoms with Gasteiger partial charge in [0.05, 0.1) is 0 Å². The van der Waals surface area contributed by atoms with Crippen molar-refractivity contribution in [2.75, 3.05) is 13.7 Å². The minimum atomic E-state index is 0.741. The summed E-state index contributed by atoms with van der Waals surface area (Å²) < 4.78 is 7.30. The van der Waals surface area contributed by atoms with Crippen LogP contribution in [0.1, 0.15) is 17.8 Å². The first-order valence-electron chi connectivity index (χ1n) is 7.18. The van der Waals surface area contributed by atoms with Crippen LogP contribution in [-0.4, -0.2) is 28.3 Å². The van der Waals surface area contributed by atoms with E-state index < -0.39 is 0 Å². The second-order valence-corrected chi connectivity index (χ2v) is 5.14. The van der Waals surface area contributed by atoms with Crippen LogP contribution in [0.25, 0.3) is 16.9 Å². The third-order valence-electron chi connectivity index (χ3n) is 3.49. The number of pyridine rings is 1. The number of nitrogens with zero attached hydrogens (tertiary/aromatic N) is 3. The van der Waals surface area contributed by atoms with Gasteiger partial charge in [-0.25, -0.2) is 9.97 Å².